The number of carbonyl (C=O) groups excluding carboxylic acids is 1. The molecule has 0 radical (unpaired) electrons. The molecule has 3 aromatic carbocycles. The zero-order chi connectivity index (χ0) is 21.9. The Bertz CT molecular complexity index is 1160. The van der Waals surface area contributed by atoms with Crippen LogP contribution in [0.2, 0.25) is 5.02 Å². The van der Waals surface area contributed by atoms with E-state index in [1.165, 1.54) is 12.1 Å². The maximum Gasteiger partial charge on any atom is 0.264 e. The molecule has 0 aliphatic rings. The smallest absolute Gasteiger partial charge is 0.264 e. The molecule has 0 aliphatic carbocycles. The summed E-state index contributed by atoms with van der Waals surface area (Å²) >= 11 is 9.37. The van der Waals surface area contributed by atoms with Crippen molar-refractivity contribution < 1.29 is 13.2 Å². The van der Waals surface area contributed by atoms with Gasteiger partial charge in [-0.2, -0.15) is 0 Å². The topological polar surface area (TPSA) is 66.5 Å². The van der Waals surface area contributed by atoms with Gasteiger partial charge in [0.05, 0.1) is 10.6 Å². The summed E-state index contributed by atoms with van der Waals surface area (Å²) in [5.74, 6) is -0.473. The van der Waals surface area contributed by atoms with Gasteiger partial charge >= 0.3 is 0 Å². The summed E-state index contributed by atoms with van der Waals surface area (Å²) in [5, 5.41) is 3.24. The summed E-state index contributed by atoms with van der Waals surface area (Å²) in [7, 11) is -3.96. The number of aryl methyl sites for hydroxylation is 2. The molecule has 0 atom stereocenters. The van der Waals surface area contributed by atoms with Crippen LogP contribution in [-0.4, -0.2) is 20.9 Å². The lowest BCUT2D eigenvalue weighted by atomic mass is 10.2. The Kier molecular flexibility index (Phi) is 6.85. The maximum absolute atomic E-state index is 13.4. The highest BCUT2D eigenvalue weighted by molar-refractivity contribution is 9.10. The van der Waals surface area contributed by atoms with Gasteiger partial charge in [-0.05, 0) is 67.9 Å². The van der Waals surface area contributed by atoms with Crippen LogP contribution in [0.1, 0.15) is 11.1 Å². The van der Waals surface area contributed by atoms with Crippen LogP contribution < -0.4 is 9.62 Å². The van der Waals surface area contributed by atoms with Crippen molar-refractivity contribution in [1.29, 1.82) is 0 Å². The predicted molar refractivity (Wildman–Crippen MR) is 125 cm³/mol. The van der Waals surface area contributed by atoms with Gasteiger partial charge in [0.2, 0.25) is 5.91 Å². The van der Waals surface area contributed by atoms with Crippen molar-refractivity contribution in [2.24, 2.45) is 0 Å². The Balaban J connectivity index is 1.95. The van der Waals surface area contributed by atoms with Crippen molar-refractivity contribution >= 4 is 54.8 Å². The third-order valence-corrected chi connectivity index (χ3v) is 7.04. The molecule has 0 heterocycles. The van der Waals surface area contributed by atoms with Crippen molar-refractivity contribution in [2.45, 2.75) is 18.7 Å². The first-order chi connectivity index (χ1) is 14.2. The average molecular weight is 508 g/mol. The number of benzene rings is 3. The van der Waals surface area contributed by atoms with Gasteiger partial charge in [-0.25, -0.2) is 8.42 Å². The fraction of sp³-hybridized carbons (Fsp3) is 0.136. The molecule has 0 aliphatic heterocycles. The minimum Gasteiger partial charge on any atom is -0.324 e. The van der Waals surface area contributed by atoms with Crippen LogP contribution in [0.4, 0.5) is 11.4 Å². The largest absolute Gasteiger partial charge is 0.324 e. The average Bonchev–Trinajstić information content (AvgIpc) is 2.70. The Hall–Kier alpha value is -2.35. The van der Waals surface area contributed by atoms with Gasteiger partial charge in [-0.15, -0.1) is 0 Å². The summed E-state index contributed by atoms with van der Waals surface area (Å²) in [4.78, 5) is 12.9. The van der Waals surface area contributed by atoms with Crippen molar-refractivity contribution in [2.75, 3.05) is 16.2 Å². The Morgan fingerprint density at radius 1 is 1.00 bits per heavy atom. The molecule has 1 amide bonds. The molecule has 156 valence electrons. The van der Waals surface area contributed by atoms with Gasteiger partial charge in [0.1, 0.15) is 6.54 Å². The van der Waals surface area contributed by atoms with Crippen LogP contribution in [0.3, 0.4) is 0 Å². The number of sulfonamides is 1. The van der Waals surface area contributed by atoms with Gasteiger partial charge in [-0.3, -0.25) is 9.10 Å². The molecule has 0 unspecified atom stereocenters. The molecule has 30 heavy (non-hydrogen) atoms. The van der Waals surface area contributed by atoms with Crippen LogP contribution in [0, 0.1) is 13.8 Å². The highest BCUT2D eigenvalue weighted by Gasteiger charge is 2.27. The number of amides is 1. The molecule has 0 saturated heterocycles. The highest BCUT2D eigenvalue weighted by Crippen LogP contribution is 2.26. The molecule has 0 fully saturated rings. The van der Waals surface area contributed by atoms with E-state index in [2.05, 4.69) is 21.2 Å². The minimum absolute atomic E-state index is 0.114. The third-order valence-electron chi connectivity index (χ3n) is 4.48. The summed E-state index contributed by atoms with van der Waals surface area (Å²) < 4.78 is 28.6. The molecule has 0 bridgehead atoms. The van der Waals surface area contributed by atoms with Crippen LogP contribution in [-0.2, 0) is 14.8 Å². The zero-order valence-corrected chi connectivity index (χ0v) is 19.6. The summed E-state index contributed by atoms with van der Waals surface area (Å²) in [6, 6.07) is 18.4. The van der Waals surface area contributed by atoms with E-state index in [-0.39, 0.29) is 11.4 Å². The molecule has 0 aromatic heterocycles. The molecule has 3 rings (SSSR count). The number of nitrogens with zero attached hydrogens (tertiary/aromatic N) is 1. The Morgan fingerprint density at radius 2 is 1.63 bits per heavy atom. The number of carbonyl (C=O) groups is 1. The third kappa shape index (κ3) is 5.22. The molecule has 1 N–H and O–H groups in total. The van der Waals surface area contributed by atoms with E-state index in [0.29, 0.717) is 16.4 Å². The standard InChI is InChI=1S/C22H20BrClN2O3S/c1-15-3-11-20(12-4-15)30(28,29)26(19-9-6-17(23)7-10-19)14-22(27)25-21-13-18(24)8-5-16(21)2/h3-13H,14H2,1-2H3,(H,25,27). The van der Waals surface area contributed by atoms with Gasteiger partial charge < -0.3 is 5.32 Å². The number of anilines is 2. The SMILES string of the molecule is Cc1ccc(S(=O)(=O)N(CC(=O)Nc2cc(Cl)ccc2C)c2ccc(Br)cc2)cc1. The van der Waals surface area contributed by atoms with Crippen LogP contribution in [0.5, 0.6) is 0 Å². The lowest BCUT2D eigenvalue weighted by molar-refractivity contribution is -0.114. The van der Waals surface area contributed by atoms with E-state index < -0.39 is 15.9 Å². The number of halogens is 2. The van der Waals surface area contributed by atoms with Crippen molar-refractivity contribution in [3.63, 3.8) is 0 Å². The van der Waals surface area contributed by atoms with Gasteiger partial charge in [0.25, 0.3) is 10.0 Å². The minimum atomic E-state index is -3.96. The van der Waals surface area contributed by atoms with Crippen LogP contribution in [0.25, 0.3) is 0 Å². The second-order valence-corrected chi connectivity index (χ2v) is 10.0. The molecule has 5 nitrogen and oxygen atoms in total. The summed E-state index contributed by atoms with van der Waals surface area (Å²) in [6.07, 6.45) is 0. The first kappa shape index (κ1) is 22.3. The van der Waals surface area contributed by atoms with Gasteiger partial charge in [0, 0.05) is 15.2 Å². The first-order valence-electron chi connectivity index (χ1n) is 9.08. The quantitative estimate of drug-likeness (QED) is 0.475. The van der Waals surface area contributed by atoms with Crippen molar-refractivity contribution in [3.05, 3.63) is 87.4 Å². The zero-order valence-electron chi connectivity index (χ0n) is 16.4. The fourth-order valence-corrected chi connectivity index (χ4v) is 4.67. The number of nitrogens with one attached hydrogen (secondary N) is 1. The second-order valence-electron chi connectivity index (χ2n) is 6.81. The molecule has 0 spiro atoms. The van der Waals surface area contributed by atoms with E-state index >= 15 is 0 Å². The molecule has 3 aromatic rings. The van der Waals surface area contributed by atoms with Crippen LogP contribution in [0.15, 0.2) is 76.1 Å². The van der Waals surface area contributed by atoms with Crippen molar-refractivity contribution in [3.8, 4) is 0 Å². The fourth-order valence-electron chi connectivity index (χ4n) is 2.81. The monoisotopic (exact) mass is 506 g/mol. The summed E-state index contributed by atoms with van der Waals surface area (Å²) in [5.41, 5.74) is 2.69. The van der Waals surface area contributed by atoms with E-state index in [4.69, 9.17) is 11.6 Å². The predicted octanol–water partition coefficient (Wildman–Crippen LogP) is 5.55. The summed E-state index contributed by atoms with van der Waals surface area (Å²) in [6.45, 7) is 3.33. The first-order valence-corrected chi connectivity index (χ1v) is 11.7. The molecular weight excluding hydrogens is 488 g/mol. The Morgan fingerprint density at radius 3 is 2.27 bits per heavy atom. The van der Waals surface area contributed by atoms with E-state index in [1.54, 1.807) is 54.6 Å². The second kappa shape index (κ2) is 9.20. The van der Waals surface area contributed by atoms with E-state index in [1.807, 2.05) is 13.8 Å². The molecular formula is C22H20BrClN2O3S. The number of rotatable bonds is 6. The van der Waals surface area contributed by atoms with Crippen LogP contribution >= 0.6 is 27.5 Å². The molecule has 8 heteroatoms. The number of hydrogen-bond donors (Lipinski definition) is 1. The lowest BCUT2D eigenvalue weighted by Crippen LogP contribution is -2.38. The van der Waals surface area contributed by atoms with Gasteiger partial charge in [0.15, 0.2) is 0 Å². The number of hydrogen-bond acceptors (Lipinski definition) is 3. The highest BCUT2D eigenvalue weighted by atomic mass is 79.9. The maximum atomic E-state index is 13.4. The van der Waals surface area contributed by atoms with Gasteiger partial charge in [-0.1, -0.05) is 51.3 Å². The lowest BCUT2D eigenvalue weighted by Gasteiger charge is -2.24. The van der Waals surface area contributed by atoms with Crippen molar-refractivity contribution in [1.82, 2.24) is 0 Å². The van der Waals surface area contributed by atoms with E-state index in [0.717, 1.165) is 19.9 Å². The normalized spacial score (nSPS) is 11.2. The van der Waals surface area contributed by atoms with E-state index in [9.17, 15) is 13.2 Å². The Labute approximate surface area is 189 Å². The molecule has 0 saturated carbocycles.